The average molecular weight is 945 g/mol. The second-order valence-electron chi connectivity index (χ2n) is 14.4. The molecule has 0 aliphatic heterocycles. The van der Waals surface area contributed by atoms with Crippen molar-refractivity contribution in [1.29, 1.82) is 0 Å². The molecule has 0 bridgehead atoms. The molecule has 0 atom stereocenters. The van der Waals surface area contributed by atoms with Crippen LogP contribution < -0.4 is 26.4 Å². The van der Waals surface area contributed by atoms with Gasteiger partial charge in [-0.15, -0.1) is 21.9 Å². The Morgan fingerprint density at radius 2 is 0.662 bits per heavy atom. The number of halogens is 20. The summed E-state index contributed by atoms with van der Waals surface area (Å²) in [6, 6.07) is 13.8. The average Bonchev–Trinajstić information content (AvgIpc) is 3.85. The second-order valence-corrected chi connectivity index (χ2v) is 14.4. The lowest BCUT2D eigenvalue weighted by atomic mass is 9.12. The van der Waals surface area contributed by atoms with E-state index in [-0.39, 0.29) is 5.78 Å². The normalized spacial score (nSPS) is 13.0. The molecule has 0 unspecified atom stereocenters. The molecule has 1 aliphatic rings. The van der Waals surface area contributed by atoms with Crippen molar-refractivity contribution in [2.45, 2.75) is 38.1 Å². The molecule has 1 saturated carbocycles. The van der Waals surface area contributed by atoms with E-state index in [9.17, 15) is 57.5 Å². The Hall–Kier alpha value is -6.42. The van der Waals surface area contributed by atoms with Crippen LogP contribution in [0.3, 0.4) is 0 Å². The van der Waals surface area contributed by atoms with Crippen LogP contribution in [0.4, 0.5) is 87.8 Å². The standard InChI is InChI=1S/C24BF20.C18H20NO/c26-5-1(6(27)14(35)21(42)13(5)34)25(2-7(28)15(36)22(43)16(37)8(2)29,3-9(30)17(38)23(44)18(39)10(3)31)4-11(32)19(40)24(45)20(41)12(4)33;20-18(17-8-2-1-3-9-17)14-19-12-10-16(11-13-19)15-6-4-5-7-15/h;1-3,8-13,15H,4-7,14H2/q-1;+1. The SMILES string of the molecule is Fc1c(F)c(F)c([B-](c2c(F)c(F)c(F)c(F)c2F)(c2c(F)c(F)c(F)c(F)c2F)c2c(F)c(F)c(F)c(F)c2F)c(F)c1F.O=C(C[n+]1ccc(C2CCCC2)cc1)c1ccccc1. The minimum Gasteiger partial charge on any atom is -0.287 e. The number of aromatic nitrogens is 1. The Morgan fingerprint density at radius 3 is 0.938 bits per heavy atom. The van der Waals surface area contributed by atoms with Gasteiger partial charge in [0.15, 0.2) is 82.2 Å². The van der Waals surface area contributed by atoms with Crippen molar-refractivity contribution < 1.29 is 97.2 Å². The minimum atomic E-state index is -7.22. The summed E-state index contributed by atoms with van der Waals surface area (Å²) >= 11 is 0. The van der Waals surface area contributed by atoms with Crippen molar-refractivity contribution in [1.82, 2.24) is 0 Å². The van der Waals surface area contributed by atoms with Gasteiger partial charge in [-0.05, 0) is 24.3 Å². The third kappa shape index (κ3) is 7.85. The fraction of sp³-hybridized carbons (Fsp3) is 0.143. The number of nitrogens with zero attached hydrogens (tertiary/aromatic N) is 1. The zero-order chi connectivity index (χ0) is 48.1. The molecule has 342 valence electrons. The lowest BCUT2D eigenvalue weighted by Crippen LogP contribution is -2.81. The quantitative estimate of drug-likeness (QED) is 0.0373. The number of benzene rings is 5. The fourth-order valence-corrected chi connectivity index (χ4v) is 7.86. The first-order valence-corrected chi connectivity index (χ1v) is 18.3. The van der Waals surface area contributed by atoms with Gasteiger partial charge in [-0.1, -0.05) is 43.2 Å². The number of hydrogen-bond acceptors (Lipinski definition) is 1. The van der Waals surface area contributed by atoms with Crippen molar-refractivity contribution in [3.05, 3.63) is 182 Å². The number of ketones is 1. The number of carbonyl (C=O) groups excluding carboxylic acids is 1. The number of Topliss-reactive ketones (excluding diaryl/α,β-unsaturated/α-hetero) is 1. The van der Waals surface area contributed by atoms with Gasteiger partial charge in [0, 0.05) is 17.7 Å². The highest BCUT2D eigenvalue weighted by molar-refractivity contribution is 7.20. The van der Waals surface area contributed by atoms with Gasteiger partial charge >= 0.3 is 0 Å². The van der Waals surface area contributed by atoms with E-state index in [1.54, 1.807) is 0 Å². The third-order valence-corrected chi connectivity index (χ3v) is 10.9. The Bertz CT molecular complexity index is 2490. The van der Waals surface area contributed by atoms with E-state index >= 15 is 35.1 Å². The molecule has 0 spiro atoms. The highest BCUT2D eigenvalue weighted by Crippen LogP contribution is 2.34. The molecule has 65 heavy (non-hydrogen) atoms. The van der Waals surface area contributed by atoms with Crippen LogP contribution in [-0.4, -0.2) is 11.9 Å². The Labute approximate surface area is 351 Å². The van der Waals surface area contributed by atoms with E-state index in [4.69, 9.17) is 0 Å². The van der Waals surface area contributed by atoms with Gasteiger partial charge in [0.25, 0.3) is 0 Å². The molecule has 23 heteroatoms. The van der Waals surface area contributed by atoms with Crippen molar-refractivity contribution in [3.8, 4) is 0 Å². The van der Waals surface area contributed by atoms with Gasteiger partial charge in [0.1, 0.15) is 52.7 Å². The van der Waals surface area contributed by atoms with E-state index in [1.165, 1.54) is 31.2 Å². The topological polar surface area (TPSA) is 20.9 Å². The van der Waals surface area contributed by atoms with Crippen molar-refractivity contribution in [3.63, 3.8) is 0 Å². The monoisotopic (exact) mass is 945 g/mol. The predicted molar refractivity (Wildman–Crippen MR) is 188 cm³/mol. The minimum absolute atomic E-state index is 0.157. The molecule has 6 aromatic rings. The van der Waals surface area contributed by atoms with Gasteiger partial charge in [-0.2, -0.15) is 4.57 Å². The molecule has 7 rings (SSSR count). The third-order valence-electron chi connectivity index (χ3n) is 10.9. The molecule has 1 aliphatic carbocycles. The summed E-state index contributed by atoms with van der Waals surface area (Å²) in [6.07, 6.45) is 2.19. The first-order valence-electron chi connectivity index (χ1n) is 18.3. The highest BCUT2D eigenvalue weighted by atomic mass is 19.2. The summed E-state index contributed by atoms with van der Waals surface area (Å²) < 4.78 is 296. The summed E-state index contributed by atoms with van der Waals surface area (Å²) in [5.41, 5.74) is -12.1. The second kappa shape index (κ2) is 18.2. The molecule has 0 saturated heterocycles. The number of rotatable bonds is 8. The summed E-state index contributed by atoms with van der Waals surface area (Å²) in [7, 11) is 0. The van der Waals surface area contributed by atoms with Crippen molar-refractivity contribution in [2.75, 3.05) is 0 Å². The molecule has 0 radical (unpaired) electrons. The van der Waals surface area contributed by atoms with Crippen LogP contribution in [0.15, 0.2) is 54.9 Å². The van der Waals surface area contributed by atoms with E-state index < -0.39 is 144 Å². The molecule has 0 N–H and O–H groups in total. The molecule has 0 amide bonds. The Morgan fingerprint density at radius 1 is 0.400 bits per heavy atom. The van der Waals surface area contributed by atoms with Gasteiger partial charge < -0.3 is 0 Å². The van der Waals surface area contributed by atoms with Gasteiger partial charge in [0.2, 0.25) is 12.3 Å². The van der Waals surface area contributed by atoms with Crippen LogP contribution in [0.5, 0.6) is 0 Å². The van der Waals surface area contributed by atoms with Crippen LogP contribution >= 0.6 is 0 Å². The lowest BCUT2D eigenvalue weighted by Gasteiger charge is -2.44. The molecule has 1 fully saturated rings. The molecular weight excluding hydrogens is 925 g/mol. The maximum Gasteiger partial charge on any atom is 0.227 e. The molecule has 1 aromatic heterocycles. The van der Waals surface area contributed by atoms with E-state index in [0.29, 0.717) is 6.54 Å². The van der Waals surface area contributed by atoms with E-state index in [2.05, 4.69) is 12.1 Å². The van der Waals surface area contributed by atoms with Gasteiger partial charge in [-0.3, -0.25) is 4.79 Å². The zero-order valence-corrected chi connectivity index (χ0v) is 31.8. The summed E-state index contributed by atoms with van der Waals surface area (Å²) in [4.78, 5) is 12.1. The van der Waals surface area contributed by atoms with Crippen LogP contribution in [0.1, 0.15) is 47.5 Å². The first kappa shape index (κ1) is 48.1. The summed E-state index contributed by atoms with van der Waals surface area (Å²) in [6.45, 7) is 0.412. The first-order chi connectivity index (χ1) is 30.5. The maximum atomic E-state index is 15.4. The van der Waals surface area contributed by atoms with Gasteiger partial charge in [-0.25, -0.2) is 87.8 Å². The number of pyridine rings is 1. The molecule has 1 heterocycles. The van der Waals surface area contributed by atoms with E-state index in [1.807, 2.05) is 47.3 Å². The van der Waals surface area contributed by atoms with Crippen molar-refractivity contribution in [2.24, 2.45) is 0 Å². The summed E-state index contributed by atoms with van der Waals surface area (Å²) in [5.74, 6) is -70.5. The lowest BCUT2D eigenvalue weighted by molar-refractivity contribution is -0.683. The van der Waals surface area contributed by atoms with Crippen LogP contribution in [-0.2, 0) is 6.54 Å². The zero-order valence-electron chi connectivity index (χ0n) is 31.8. The highest BCUT2D eigenvalue weighted by Gasteiger charge is 2.52. The molecular formula is C42H20BF20NO. The van der Waals surface area contributed by atoms with E-state index in [0.717, 1.165) is 11.5 Å². The van der Waals surface area contributed by atoms with Crippen LogP contribution in [0, 0.1) is 116 Å². The predicted octanol–water partition coefficient (Wildman–Crippen LogP) is 9.36. The van der Waals surface area contributed by atoms with Crippen LogP contribution in [0.25, 0.3) is 0 Å². The summed E-state index contributed by atoms with van der Waals surface area (Å²) in [5, 5.41) is 0. The van der Waals surface area contributed by atoms with Gasteiger partial charge in [0.05, 0.1) is 0 Å². The number of hydrogen-bond donors (Lipinski definition) is 0. The van der Waals surface area contributed by atoms with Crippen molar-refractivity contribution >= 4 is 33.8 Å². The largest absolute Gasteiger partial charge is 0.287 e. The smallest absolute Gasteiger partial charge is 0.227 e. The fourth-order valence-electron chi connectivity index (χ4n) is 7.86. The Kier molecular flexibility index (Phi) is 13.5. The Balaban J connectivity index is 0.000000289. The van der Waals surface area contributed by atoms with Crippen LogP contribution in [0.2, 0.25) is 0 Å². The molecule has 2 nitrogen and oxygen atoms in total. The molecule has 5 aromatic carbocycles. The maximum absolute atomic E-state index is 15.4. The number of carbonyl (C=O) groups is 1.